The van der Waals surface area contributed by atoms with E-state index in [9.17, 15) is 4.79 Å². The molecule has 1 aliphatic carbocycles. The SMILES string of the molecule is CCOC(=O)C(C)(N)CCN1CCCC1C1CCCC1. The van der Waals surface area contributed by atoms with Crippen LogP contribution in [0.3, 0.4) is 0 Å². The van der Waals surface area contributed by atoms with Crippen LogP contribution in [0.5, 0.6) is 0 Å². The maximum Gasteiger partial charge on any atom is 0.325 e. The number of carbonyl (C=O) groups excluding carboxylic acids is 1. The lowest BCUT2D eigenvalue weighted by Crippen LogP contribution is -2.49. The average Bonchev–Trinajstić information content (AvgIpc) is 3.07. The van der Waals surface area contributed by atoms with Crippen molar-refractivity contribution in [3.8, 4) is 0 Å². The summed E-state index contributed by atoms with van der Waals surface area (Å²) in [4.78, 5) is 14.4. The zero-order valence-corrected chi connectivity index (χ0v) is 13.1. The fourth-order valence-electron chi connectivity index (χ4n) is 3.78. The van der Waals surface area contributed by atoms with Crippen molar-refractivity contribution in [2.24, 2.45) is 11.7 Å². The Morgan fingerprint density at radius 2 is 2.00 bits per heavy atom. The van der Waals surface area contributed by atoms with E-state index in [1.165, 1.54) is 45.1 Å². The molecule has 0 radical (unpaired) electrons. The standard InChI is InChI=1S/C16H30N2O2/c1-3-20-15(19)16(2,17)10-12-18-11-6-9-14(18)13-7-4-5-8-13/h13-14H,3-12,17H2,1-2H3. The van der Waals surface area contributed by atoms with Crippen LogP contribution in [0, 0.1) is 5.92 Å². The topological polar surface area (TPSA) is 55.6 Å². The molecule has 4 nitrogen and oxygen atoms in total. The summed E-state index contributed by atoms with van der Waals surface area (Å²) in [6, 6.07) is 0.732. The third kappa shape index (κ3) is 3.73. The van der Waals surface area contributed by atoms with E-state index in [1.54, 1.807) is 6.92 Å². The van der Waals surface area contributed by atoms with Gasteiger partial charge < -0.3 is 15.4 Å². The molecule has 1 heterocycles. The molecule has 0 bridgehead atoms. The van der Waals surface area contributed by atoms with Gasteiger partial charge in [-0.25, -0.2) is 0 Å². The van der Waals surface area contributed by atoms with Crippen LogP contribution in [0.4, 0.5) is 0 Å². The van der Waals surface area contributed by atoms with E-state index in [4.69, 9.17) is 10.5 Å². The van der Waals surface area contributed by atoms with Crippen LogP contribution >= 0.6 is 0 Å². The van der Waals surface area contributed by atoms with Gasteiger partial charge in [0.1, 0.15) is 5.54 Å². The molecule has 2 unspecified atom stereocenters. The largest absolute Gasteiger partial charge is 0.465 e. The Morgan fingerprint density at radius 1 is 1.30 bits per heavy atom. The van der Waals surface area contributed by atoms with Gasteiger partial charge in [-0.15, -0.1) is 0 Å². The predicted octanol–water partition coefficient (Wildman–Crippen LogP) is 2.31. The summed E-state index contributed by atoms with van der Waals surface area (Å²) < 4.78 is 5.07. The molecule has 2 rings (SSSR count). The minimum atomic E-state index is -0.848. The lowest BCUT2D eigenvalue weighted by atomic mass is 9.94. The van der Waals surface area contributed by atoms with Crippen LogP contribution in [-0.2, 0) is 9.53 Å². The van der Waals surface area contributed by atoms with Crippen molar-refractivity contribution < 1.29 is 9.53 Å². The first kappa shape index (κ1) is 15.8. The highest BCUT2D eigenvalue weighted by atomic mass is 16.5. The molecular formula is C16H30N2O2. The van der Waals surface area contributed by atoms with Gasteiger partial charge in [0.2, 0.25) is 0 Å². The fraction of sp³-hybridized carbons (Fsp3) is 0.938. The molecule has 2 aliphatic rings. The Kier molecular flexibility index (Phi) is 5.44. The molecule has 0 spiro atoms. The maximum atomic E-state index is 11.8. The number of hydrogen-bond donors (Lipinski definition) is 1. The van der Waals surface area contributed by atoms with Crippen molar-refractivity contribution in [3.05, 3.63) is 0 Å². The van der Waals surface area contributed by atoms with Gasteiger partial charge in [-0.3, -0.25) is 4.79 Å². The number of carbonyl (C=O) groups is 1. The summed E-state index contributed by atoms with van der Waals surface area (Å²) in [5.41, 5.74) is 5.27. The van der Waals surface area contributed by atoms with Crippen molar-refractivity contribution in [1.82, 2.24) is 4.90 Å². The number of nitrogens with zero attached hydrogens (tertiary/aromatic N) is 1. The Morgan fingerprint density at radius 3 is 2.65 bits per heavy atom. The molecule has 2 atom stereocenters. The normalized spacial score (nSPS) is 27.6. The number of esters is 1. The molecule has 20 heavy (non-hydrogen) atoms. The van der Waals surface area contributed by atoms with Crippen molar-refractivity contribution >= 4 is 5.97 Å². The molecule has 2 fully saturated rings. The van der Waals surface area contributed by atoms with Gasteiger partial charge in [-0.05, 0) is 58.4 Å². The van der Waals surface area contributed by atoms with Crippen molar-refractivity contribution in [3.63, 3.8) is 0 Å². The monoisotopic (exact) mass is 282 g/mol. The number of nitrogens with two attached hydrogens (primary N) is 1. The zero-order valence-electron chi connectivity index (χ0n) is 13.1. The highest BCUT2D eigenvalue weighted by molar-refractivity contribution is 5.79. The summed E-state index contributed by atoms with van der Waals surface area (Å²) in [5.74, 6) is 0.612. The first-order chi connectivity index (χ1) is 9.54. The fourth-order valence-corrected chi connectivity index (χ4v) is 3.78. The van der Waals surface area contributed by atoms with E-state index >= 15 is 0 Å². The third-order valence-corrected chi connectivity index (χ3v) is 5.02. The second-order valence-corrected chi connectivity index (χ2v) is 6.68. The van der Waals surface area contributed by atoms with Gasteiger partial charge in [0, 0.05) is 12.6 Å². The van der Waals surface area contributed by atoms with E-state index in [0.717, 1.165) is 18.5 Å². The summed E-state index contributed by atoms with van der Waals surface area (Å²) in [7, 11) is 0. The average molecular weight is 282 g/mol. The molecular weight excluding hydrogens is 252 g/mol. The minimum absolute atomic E-state index is 0.267. The van der Waals surface area contributed by atoms with Crippen molar-refractivity contribution in [2.45, 2.75) is 70.4 Å². The number of likely N-dealkylation sites (tertiary alicyclic amines) is 1. The molecule has 0 aromatic carbocycles. The second kappa shape index (κ2) is 6.90. The van der Waals surface area contributed by atoms with Crippen LogP contribution in [-0.4, -0.2) is 42.1 Å². The smallest absolute Gasteiger partial charge is 0.325 e. The van der Waals surface area contributed by atoms with E-state index in [0.29, 0.717) is 13.0 Å². The van der Waals surface area contributed by atoms with Gasteiger partial charge in [0.25, 0.3) is 0 Å². The first-order valence-corrected chi connectivity index (χ1v) is 8.24. The summed E-state index contributed by atoms with van der Waals surface area (Å²) in [6.45, 7) is 6.11. The predicted molar refractivity (Wildman–Crippen MR) is 80.4 cm³/mol. The maximum absolute atomic E-state index is 11.8. The summed E-state index contributed by atoms with van der Waals surface area (Å²) >= 11 is 0. The van der Waals surface area contributed by atoms with Crippen LogP contribution in [0.25, 0.3) is 0 Å². The Labute approximate surface area is 123 Å². The van der Waals surface area contributed by atoms with Gasteiger partial charge in [-0.2, -0.15) is 0 Å². The second-order valence-electron chi connectivity index (χ2n) is 6.68. The Balaban J connectivity index is 1.84. The van der Waals surface area contributed by atoms with Crippen LogP contribution in [0.15, 0.2) is 0 Å². The number of ether oxygens (including phenoxy) is 1. The third-order valence-electron chi connectivity index (χ3n) is 5.02. The van der Waals surface area contributed by atoms with Gasteiger partial charge in [0.05, 0.1) is 6.61 Å². The Hall–Kier alpha value is -0.610. The lowest BCUT2D eigenvalue weighted by molar-refractivity contribution is -0.149. The summed E-state index contributed by atoms with van der Waals surface area (Å²) in [5, 5.41) is 0. The molecule has 0 amide bonds. The minimum Gasteiger partial charge on any atom is -0.465 e. The quantitative estimate of drug-likeness (QED) is 0.760. The molecule has 1 saturated heterocycles. The van der Waals surface area contributed by atoms with Gasteiger partial charge >= 0.3 is 5.97 Å². The molecule has 116 valence electrons. The van der Waals surface area contributed by atoms with Crippen LogP contribution in [0.2, 0.25) is 0 Å². The number of hydrogen-bond acceptors (Lipinski definition) is 4. The highest BCUT2D eigenvalue weighted by Gasteiger charge is 2.36. The van der Waals surface area contributed by atoms with Crippen molar-refractivity contribution in [1.29, 1.82) is 0 Å². The molecule has 0 aromatic heterocycles. The van der Waals surface area contributed by atoms with Crippen molar-refractivity contribution in [2.75, 3.05) is 19.7 Å². The van der Waals surface area contributed by atoms with Gasteiger partial charge in [0.15, 0.2) is 0 Å². The van der Waals surface area contributed by atoms with Gasteiger partial charge in [-0.1, -0.05) is 12.8 Å². The van der Waals surface area contributed by atoms with E-state index < -0.39 is 5.54 Å². The molecule has 0 aromatic rings. The zero-order chi connectivity index (χ0) is 14.6. The Bertz CT molecular complexity index is 324. The molecule has 1 saturated carbocycles. The van der Waals surface area contributed by atoms with Crippen LogP contribution < -0.4 is 5.73 Å². The first-order valence-electron chi connectivity index (χ1n) is 8.24. The number of rotatable bonds is 6. The van der Waals surface area contributed by atoms with E-state index in [2.05, 4.69) is 4.90 Å². The molecule has 4 heteroatoms. The summed E-state index contributed by atoms with van der Waals surface area (Å²) in [6.07, 6.45) is 8.87. The van der Waals surface area contributed by atoms with E-state index in [-0.39, 0.29) is 5.97 Å². The highest BCUT2D eigenvalue weighted by Crippen LogP contribution is 2.35. The lowest BCUT2D eigenvalue weighted by Gasteiger charge is -2.32. The molecule has 2 N–H and O–H groups in total. The van der Waals surface area contributed by atoms with Crippen LogP contribution in [0.1, 0.15) is 58.8 Å². The van der Waals surface area contributed by atoms with E-state index in [1.807, 2.05) is 6.92 Å². The molecule has 1 aliphatic heterocycles.